The van der Waals surface area contributed by atoms with E-state index in [0.717, 1.165) is 45.1 Å². The molecule has 0 unspecified atom stereocenters. The van der Waals surface area contributed by atoms with Crippen molar-refractivity contribution in [3.05, 3.63) is 20.8 Å². The summed E-state index contributed by atoms with van der Waals surface area (Å²) < 4.78 is 6.82. The molecule has 0 atom stereocenters. The predicted molar refractivity (Wildman–Crippen MR) is 108 cm³/mol. The van der Waals surface area contributed by atoms with Crippen LogP contribution >= 0.6 is 27.3 Å². The second-order valence-corrected chi connectivity index (χ2v) is 9.54. The van der Waals surface area contributed by atoms with E-state index in [9.17, 15) is 0 Å². The van der Waals surface area contributed by atoms with Gasteiger partial charge in [0.2, 0.25) is 0 Å². The summed E-state index contributed by atoms with van der Waals surface area (Å²) in [7, 11) is 3.98. The van der Waals surface area contributed by atoms with Crippen molar-refractivity contribution < 1.29 is 4.74 Å². The summed E-state index contributed by atoms with van der Waals surface area (Å²) in [5, 5.41) is 3.66. The molecule has 2 fully saturated rings. The maximum Gasteiger partial charge on any atom is 0.193 e. The molecule has 2 saturated heterocycles. The van der Waals surface area contributed by atoms with E-state index in [4.69, 9.17) is 4.74 Å². The molecule has 7 heteroatoms. The number of guanidine groups is 1. The standard InChI is InChI=1S/C18H29BrN4OS/c1-20-17(22(2)13-15-5-6-16(19)25-15)21-14-18(7-11-24-12-8-18)23-9-3-4-10-23/h5-6H,3-4,7-14H2,1-2H3,(H,20,21). The molecule has 1 N–H and O–H groups in total. The van der Waals surface area contributed by atoms with Crippen LogP contribution in [-0.4, -0.2) is 68.2 Å². The molecule has 0 aliphatic carbocycles. The lowest BCUT2D eigenvalue weighted by molar-refractivity contribution is -0.0166. The zero-order chi connectivity index (χ0) is 17.7. The summed E-state index contributed by atoms with van der Waals surface area (Å²) in [5.74, 6) is 0.967. The molecule has 0 amide bonds. The Kier molecular flexibility index (Phi) is 6.77. The van der Waals surface area contributed by atoms with Gasteiger partial charge >= 0.3 is 0 Å². The number of nitrogens with zero attached hydrogens (tertiary/aromatic N) is 3. The van der Waals surface area contributed by atoms with Crippen molar-refractivity contribution in [2.24, 2.45) is 4.99 Å². The highest BCUT2D eigenvalue weighted by molar-refractivity contribution is 9.11. The van der Waals surface area contributed by atoms with Gasteiger partial charge < -0.3 is 15.0 Å². The zero-order valence-corrected chi connectivity index (χ0v) is 17.7. The first-order chi connectivity index (χ1) is 12.1. The van der Waals surface area contributed by atoms with Gasteiger partial charge in [-0.25, -0.2) is 0 Å². The average molecular weight is 429 g/mol. The monoisotopic (exact) mass is 428 g/mol. The van der Waals surface area contributed by atoms with Crippen LogP contribution in [-0.2, 0) is 11.3 Å². The molecular formula is C18H29BrN4OS. The largest absolute Gasteiger partial charge is 0.381 e. The molecule has 0 bridgehead atoms. The lowest BCUT2D eigenvalue weighted by Gasteiger charge is -2.45. The van der Waals surface area contributed by atoms with Crippen molar-refractivity contribution in [3.8, 4) is 0 Å². The Morgan fingerprint density at radius 3 is 2.68 bits per heavy atom. The van der Waals surface area contributed by atoms with E-state index in [-0.39, 0.29) is 5.54 Å². The summed E-state index contributed by atoms with van der Waals surface area (Å²) in [6, 6.07) is 4.27. The Balaban J connectivity index is 1.61. The first-order valence-electron chi connectivity index (χ1n) is 9.12. The molecule has 0 aromatic carbocycles. The Bertz CT molecular complexity index is 579. The lowest BCUT2D eigenvalue weighted by atomic mass is 9.88. The highest BCUT2D eigenvalue weighted by Crippen LogP contribution is 2.31. The summed E-state index contributed by atoms with van der Waals surface area (Å²) >= 11 is 5.32. The van der Waals surface area contributed by atoms with Gasteiger partial charge in [-0.2, -0.15) is 0 Å². The molecule has 2 aliphatic heterocycles. The van der Waals surface area contributed by atoms with E-state index in [1.165, 1.54) is 34.6 Å². The van der Waals surface area contributed by atoms with Crippen LogP contribution in [0.1, 0.15) is 30.6 Å². The fourth-order valence-corrected chi connectivity index (χ4v) is 5.46. The van der Waals surface area contributed by atoms with Crippen LogP contribution in [0.5, 0.6) is 0 Å². The third kappa shape index (κ3) is 4.76. The van der Waals surface area contributed by atoms with Gasteiger partial charge in [0.25, 0.3) is 0 Å². The Morgan fingerprint density at radius 1 is 1.36 bits per heavy atom. The van der Waals surface area contributed by atoms with Crippen LogP contribution < -0.4 is 5.32 Å². The smallest absolute Gasteiger partial charge is 0.193 e. The second-order valence-electron chi connectivity index (χ2n) is 6.99. The number of hydrogen-bond acceptors (Lipinski definition) is 4. The maximum absolute atomic E-state index is 5.65. The molecular weight excluding hydrogens is 400 g/mol. The first-order valence-corrected chi connectivity index (χ1v) is 10.7. The molecule has 3 rings (SSSR count). The van der Waals surface area contributed by atoms with E-state index >= 15 is 0 Å². The van der Waals surface area contributed by atoms with Crippen LogP contribution in [0.3, 0.4) is 0 Å². The van der Waals surface area contributed by atoms with E-state index < -0.39 is 0 Å². The third-order valence-electron chi connectivity index (χ3n) is 5.37. The Labute approximate surface area is 163 Å². The zero-order valence-electron chi connectivity index (χ0n) is 15.3. The van der Waals surface area contributed by atoms with Crippen molar-refractivity contribution in [3.63, 3.8) is 0 Å². The fourth-order valence-electron chi connectivity index (χ4n) is 3.92. The summed E-state index contributed by atoms with van der Waals surface area (Å²) in [4.78, 5) is 10.7. The van der Waals surface area contributed by atoms with Crippen molar-refractivity contribution in [2.45, 2.75) is 37.8 Å². The quantitative estimate of drug-likeness (QED) is 0.577. The number of nitrogens with one attached hydrogen (secondary N) is 1. The number of rotatable bonds is 5. The van der Waals surface area contributed by atoms with Gasteiger partial charge in [-0.05, 0) is 66.8 Å². The van der Waals surface area contributed by atoms with E-state index in [2.05, 4.69) is 55.2 Å². The van der Waals surface area contributed by atoms with Crippen LogP contribution in [0.15, 0.2) is 20.9 Å². The van der Waals surface area contributed by atoms with Gasteiger partial charge in [0.15, 0.2) is 5.96 Å². The van der Waals surface area contributed by atoms with Crippen molar-refractivity contribution >= 4 is 33.2 Å². The maximum atomic E-state index is 5.65. The van der Waals surface area contributed by atoms with Crippen LogP contribution in [0.4, 0.5) is 0 Å². The highest BCUT2D eigenvalue weighted by Gasteiger charge is 2.39. The number of aliphatic imine (C=N–C) groups is 1. The Hall–Kier alpha value is -0.630. The topological polar surface area (TPSA) is 40.1 Å². The van der Waals surface area contributed by atoms with E-state index in [1.54, 1.807) is 11.3 Å². The van der Waals surface area contributed by atoms with Crippen LogP contribution in [0.2, 0.25) is 0 Å². The van der Waals surface area contributed by atoms with E-state index in [1.807, 2.05) is 7.05 Å². The van der Waals surface area contributed by atoms with E-state index in [0.29, 0.717) is 0 Å². The normalized spacial score (nSPS) is 21.5. The molecule has 1 aromatic heterocycles. The molecule has 2 aliphatic rings. The lowest BCUT2D eigenvalue weighted by Crippen LogP contribution is -2.58. The minimum atomic E-state index is 0.220. The SMILES string of the molecule is CN=C(NCC1(N2CCCC2)CCOCC1)N(C)Cc1ccc(Br)s1. The molecule has 0 saturated carbocycles. The number of hydrogen-bond donors (Lipinski definition) is 1. The van der Waals surface area contributed by atoms with Gasteiger partial charge in [0, 0.05) is 44.3 Å². The Morgan fingerprint density at radius 2 is 2.08 bits per heavy atom. The summed E-state index contributed by atoms with van der Waals surface area (Å²) in [6.07, 6.45) is 4.87. The van der Waals surface area contributed by atoms with Crippen LogP contribution in [0, 0.1) is 0 Å². The van der Waals surface area contributed by atoms with Gasteiger partial charge in [-0.3, -0.25) is 9.89 Å². The van der Waals surface area contributed by atoms with Gasteiger partial charge in [-0.1, -0.05) is 0 Å². The fraction of sp³-hybridized carbons (Fsp3) is 0.722. The number of thiophene rings is 1. The molecule has 140 valence electrons. The van der Waals surface area contributed by atoms with Crippen LogP contribution in [0.25, 0.3) is 0 Å². The van der Waals surface area contributed by atoms with Crippen molar-refractivity contribution in [1.82, 2.24) is 15.1 Å². The summed E-state index contributed by atoms with van der Waals surface area (Å²) in [5.41, 5.74) is 0.220. The molecule has 25 heavy (non-hydrogen) atoms. The first kappa shape index (κ1) is 19.1. The third-order valence-corrected chi connectivity index (χ3v) is 6.98. The summed E-state index contributed by atoms with van der Waals surface area (Å²) in [6.45, 7) is 6.00. The number of halogens is 1. The molecule has 1 aromatic rings. The molecule has 5 nitrogen and oxygen atoms in total. The number of ether oxygens (including phenoxy) is 1. The van der Waals surface area contributed by atoms with Gasteiger partial charge in [-0.15, -0.1) is 11.3 Å². The van der Waals surface area contributed by atoms with Gasteiger partial charge in [0.05, 0.1) is 10.3 Å². The number of likely N-dealkylation sites (tertiary alicyclic amines) is 1. The minimum absolute atomic E-state index is 0.220. The molecule has 0 radical (unpaired) electrons. The predicted octanol–water partition coefficient (Wildman–Crippen LogP) is 3.16. The van der Waals surface area contributed by atoms with Gasteiger partial charge in [0.1, 0.15) is 0 Å². The minimum Gasteiger partial charge on any atom is -0.381 e. The van der Waals surface area contributed by atoms with Crippen molar-refractivity contribution in [1.29, 1.82) is 0 Å². The highest BCUT2D eigenvalue weighted by atomic mass is 79.9. The second kappa shape index (κ2) is 8.84. The average Bonchev–Trinajstić information content (AvgIpc) is 3.28. The molecule has 0 spiro atoms. The molecule has 3 heterocycles. The van der Waals surface area contributed by atoms with Crippen molar-refractivity contribution in [2.75, 3.05) is 46.9 Å².